The predicted octanol–water partition coefficient (Wildman–Crippen LogP) is 1.85. The highest BCUT2D eigenvalue weighted by Crippen LogP contribution is 2.25. The molecule has 0 spiro atoms. The minimum absolute atomic E-state index is 0.00309. The number of nitrogens with one attached hydrogen (secondary N) is 2. The maximum atomic E-state index is 12.0. The average molecular weight is 416 g/mol. The summed E-state index contributed by atoms with van der Waals surface area (Å²) in [6, 6.07) is 6.80. The smallest absolute Gasteiger partial charge is 0.269 e. The Bertz CT molecular complexity index is 1060. The van der Waals surface area contributed by atoms with E-state index in [1.54, 1.807) is 23.9 Å². The lowest BCUT2D eigenvalue weighted by molar-refractivity contribution is -0.384. The van der Waals surface area contributed by atoms with Gasteiger partial charge in [-0.25, -0.2) is 0 Å². The molecule has 0 aliphatic rings. The van der Waals surface area contributed by atoms with Crippen molar-refractivity contribution in [2.75, 3.05) is 5.75 Å². The van der Waals surface area contributed by atoms with Crippen LogP contribution in [0.2, 0.25) is 0 Å². The van der Waals surface area contributed by atoms with Crippen LogP contribution in [-0.2, 0) is 11.8 Å². The molecule has 0 aliphatic carbocycles. The van der Waals surface area contributed by atoms with Gasteiger partial charge in [-0.15, -0.1) is 10.2 Å². The summed E-state index contributed by atoms with van der Waals surface area (Å²) >= 11 is 1.15. The Kier molecular flexibility index (Phi) is 5.93. The summed E-state index contributed by atoms with van der Waals surface area (Å²) in [5.41, 5.74) is 5.40. The van der Waals surface area contributed by atoms with Crippen LogP contribution in [-0.4, -0.2) is 37.3 Å². The third kappa shape index (κ3) is 4.60. The van der Waals surface area contributed by atoms with Crippen molar-refractivity contribution in [3.63, 3.8) is 0 Å². The van der Waals surface area contributed by atoms with Crippen molar-refractivity contribution in [2.24, 2.45) is 7.05 Å². The summed E-state index contributed by atoms with van der Waals surface area (Å²) in [5.74, 6) is 0.287. The number of amides is 2. The van der Waals surface area contributed by atoms with Crippen LogP contribution in [0.15, 0.2) is 46.2 Å². The van der Waals surface area contributed by atoms with Crippen LogP contribution in [0, 0.1) is 17.0 Å². The highest BCUT2D eigenvalue weighted by molar-refractivity contribution is 7.99. The Labute approximate surface area is 168 Å². The quantitative estimate of drug-likeness (QED) is 0.352. The van der Waals surface area contributed by atoms with Crippen molar-refractivity contribution >= 4 is 29.3 Å². The van der Waals surface area contributed by atoms with Crippen molar-refractivity contribution in [3.05, 3.63) is 58.0 Å². The van der Waals surface area contributed by atoms with E-state index in [0.29, 0.717) is 16.7 Å². The number of hydrazine groups is 1. The van der Waals surface area contributed by atoms with Gasteiger partial charge in [-0.1, -0.05) is 11.8 Å². The lowest BCUT2D eigenvalue weighted by atomic mass is 10.2. The Morgan fingerprint density at radius 2 is 1.93 bits per heavy atom. The second-order valence-electron chi connectivity index (χ2n) is 5.85. The van der Waals surface area contributed by atoms with E-state index < -0.39 is 16.7 Å². The molecule has 2 aromatic heterocycles. The minimum Gasteiger partial charge on any atom is -0.469 e. The number of non-ortho nitro benzene ring substituents is 1. The lowest BCUT2D eigenvalue weighted by Crippen LogP contribution is -2.42. The first-order valence-electron chi connectivity index (χ1n) is 8.27. The number of nitrogens with zero attached hydrogens (tertiary/aromatic N) is 4. The monoisotopic (exact) mass is 416 g/mol. The van der Waals surface area contributed by atoms with Gasteiger partial charge in [-0.3, -0.25) is 30.6 Å². The molecule has 3 aromatic rings. The fourth-order valence-electron chi connectivity index (χ4n) is 2.39. The molecule has 0 atom stereocenters. The molecule has 0 radical (unpaired) electrons. The number of aromatic nitrogens is 3. The molecular formula is C17H16N6O5S. The number of furan rings is 1. The maximum absolute atomic E-state index is 12.0. The first kappa shape index (κ1) is 20.1. The first-order chi connectivity index (χ1) is 13.9. The predicted molar refractivity (Wildman–Crippen MR) is 103 cm³/mol. The van der Waals surface area contributed by atoms with Crippen molar-refractivity contribution in [2.45, 2.75) is 12.1 Å². The normalized spacial score (nSPS) is 10.6. The highest BCUT2D eigenvalue weighted by Gasteiger charge is 2.16. The van der Waals surface area contributed by atoms with Crippen molar-refractivity contribution in [3.8, 4) is 11.4 Å². The van der Waals surface area contributed by atoms with Gasteiger partial charge in [-0.05, 0) is 25.1 Å². The van der Waals surface area contributed by atoms with Gasteiger partial charge in [-0.2, -0.15) is 0 Å². The topological polar surface area (TPSA) is 145 Å². The molecule has 12 heteroatoms. The molecule has 0 unspecified atom stereocenters. The lowest BCUT2D eigenvalue weighted by Gasteiger charge is -2.07. The molecule has 0 aliphatic heterocycles. The zero-order valence-corrected chi connectivity index (χ0v) is 16.2. The van der Waals surface area contributed by atoms with Gasteiger partial charge in [0, 0.05) is 24.7 Å². The van der Waals surface area contributed by atoms with Gasteiger partial charge < -0.3 is 8.98 Å². The number of benzene rings is 1. The van der Waals surface area contributed by atoms with Crippen LogP contribution in [0.3, 0.4) is 0 Å². The van der Waals surface area contributed by atoms with Crippen LogP contribution in [0.1, 0.15) is 16.1 Å². The number of aryl methyl sites for hydroxylation is 1. The second kappa shape index (κ2) is 8.56. The molecule has 2 amide bonds. The van der Waals surface area contributed by atoms with Gasteiger partial charge in [0.05, 0.1) is 22.5 Å². The second-order valence-corrected chi connectivity index (χ2v) is 6.79. The molecule has 0 saturated heterocycles. The summed E-state index contributed by atoms with van der Waals surface area (Å²) in [6.07, 6.45) is 1.56. The van der Waals surface area contributed by atoms with Crippen molar-refractivity contribution in [1.29, 1.82) is 0 Å². The number of carbonyl (C=O) groups is 2. The van der Waals surface area contributed by atoms with Gasteiger partial charge in [0.25, 0.3) is 11.6 Å². The van der Waals surface area contributed by atoms with E-state index >= 15 is 0 Å². The highest BCUT2D eigenvalue weighted by atomic mass is 32.2. The zero-order valence-electron chi connectivity index (χ0n) is 15.4. The summed E-state index contributed by atoms with van der Waals surface area (Å²) in [7, 11) is 1.78. The average Bonchev–Trinajstić information content (AvgIpc) is 3.29. The van der Waals surface area contributed by atoms with Crippen molar-refractivity contribution < 1.29 is 18.9 Å². The molecule has 1 aromatic carbocycles. The summed E-state index contributed by atoms with van der Waals surface area (Å²) in [6.45, 7) is 1.82. The number of nitro groups is 1. The Balaban J connectivity index is 1.51. The SMILES string of the molecule is Cc1occc1-c1nnc(SCC(=O)NNC(=O)c2ccc([N+](=O)[O-])cc2)n1C. The molecule has 150 valence electrons. The molecular weight excluding hydrogens is 400 g/mol. The first-order valence-corrected chi connectivity index (χ1v) is 9.25. The number of hydrogen-bond donors (Lipinski definition) is 2. The molecule has 11 nitrogen and oxygen atoms in total. The number of nitro benzene ring substituents is 1. The molecule has 0 bridgehead atoms. The van der Waals surface area contributed by atoms with E-state index in [9.17, 15) is 19.7 Å². The fourth-order valence-corrected chi connectivity index (χ4v) is 3.10. The van der Waals surface area contributed by atoms with Crippen LogP contribution in [0.4, 0.5) is 5.69 Å². The van der Waals surface area contributed by atoms with Gasteiger partial charge in [0.15, 0.2) is 11.0 Å². The van der Waals surface area contributed by atoms with Crippen molar-refractivity contribution in [1.82, 2.24) is 25.6 Å². The molecule has 2 heterocycles. The summed E-state index contributed by atoms with van der Waals surface area (Å²) in [4.78, 5) is 34.0. The van der Waals surface area contributed by atoms with Crippen LogP contribution in [0.25, 0.3) is 11.4 Å². The molecule has 29 heavy (non-hydrogen) atoms. The van der Waals surface area contributed by atoms with Crippen LogP contribution < -0.4 is 10.9 Å². The number of rotatable bonds is 6. The number of carbonyl (C=O) groups excluding carboxylic acids is 2. The Morgan fingerprint density at radius 1 is 1.21 bits per heavy atom. The van der Waals surface area contributed by atoms with E-state index in [0.717, 1.165) is 17.3 Å². The maximum Gasteiger partial charge on any atom is 0.269 e. The van der Waals surface area contributed by atoms with Crippen LogP contribution in [0.5, 0.6) is 0 Å². The number of hydrogen-bond acceptors (Lipinski definition) is 8. The third-order valence-electron chi connectivity index (χ3n) is 3.92. The molecule has 3 rings (SSSR count). The Hall–Kier alpha value is -3.67. The van der Waals surface area contributed by atoms with Gasteiger partial charge in [0.2, 0.25) is 5.91 Å². The van der Waals surface area contributed by atoms with E-state index in [1.807, 2.05) is 6.92 Å². The fraction of sp³-hybridized carbons (Fsp3) is 0.176. The summed E-state index contributed by atoms with van der Waals surface area (Å²) < 4.78 is 7.01. The standard InChI is InChI=1S/C17H16N6O5S/c1-10-13(7-8-28-10)15-19-21-17(22(15)2)29-9-14(24)18-20-16(25)11-3-5-12(6-4-11)23(26)27/h3-8H,9H2,1-2H3,(H,18,24)(H,20,25). The Morgan fingerprint density at radius 3 is 2.55 bits per heavy atom. The van der Waals surface area contributed by atoms with E-state index in [-0.39, 0.29) is 17.0 Å². The largest absolute Gasteiger partial charge is 0.469 e. The minimum atomic E-state index is -0.588. The van der Waals surface area contributed by atoms with E-state index in [2.05, 4.69) is 21.0 Å². The molecule has 2 N–H and O–H groups in total. The molecule has 0 fully saturated rings. The molecule has 0 saturated carbocycles. The van der Waals surface area contributed by atoms with E-state index in [4.69, 9.17) is 4.42 Å². The van der Waals surface area contributed by atoms with Crippen LogP contribution >= 0.6 is 11.8 Å². The van der Waals surface area contributed by atoms with Gasteiger partial charge in [0.1, 0.15) is 5.76 Å². The van der Waals surface area contributed by atoms with Gasteiger partial charge >= 0.3 is 0 Å². The number of thioether (sulfide) groups is 1. The third-order valence-corrected chi connectivity index (χ3v) is 4.94. The zero-order chi connectivity index (χ0) is 21.0. The van der Waals surface area contributed by atoms with E-state index in [1.165, 1.54) is 24.3 Å². The summed E-state index contributed by atoms with van der Waals surface area (Å²) in [5, 5.41) is 19.3.